The number of benzene rings is 2. The fourth-order valence-corrected chi connectivity index (χ4v) is 1.92. The number of carbonyl (C=O) groups is 1. The molecule has 0 atom stereocenters. The fourth-order valence-electron chi connectivity index (χ4n) is 1.92. The molecule has 0 radical (unpaired) electrons. The molecule has 0 bridgehead atoms. The van der Waals surface area contributed by atoms with Crippen molar-refractivity contribution in [1.29, 1.82) is 0 Å². The van der Waals surface area contributed by atoms with E-state index in [1.165, 1.54) is 41.3 Å². The predicted molar refractivity (Wildman–Crippen MR) is 81.4 cm³/mol. The van der Waals surface area contributed by atoms with Gasteiger partial charge < -0.3 is 14.4 Å². The molecule has 7 heteroatoms. The van der Waals surface area contributed by atoms with Crippen LogP contribution in [0.25, 0.3) is 0 Å². The highest BCUT2D eigenvalue weighted by Gasteiger charge is 2.11. The molecule has 2 rings (SSSR count). The third-order valence-corrected chi connectivity index (χ3v) is 3.17. The van der Waals surface area contributed by atoms with E-state index < -0.39 is 6.61 Å². The Bertz CT molecular complexity index is 660. The number of amides is 1. The number of nitrogens with zero attached hydrogens (tertiary/aromatic N) is 1. The molecule has 4 nitrogen and oxygen atoms in total. The van der Waals surface area contributed by atoms with Crippen molar-refractivity contribution in [3.05, 3.63) is 59.9 Å². The topological polar surface area (TPSA) is 38.8 Å². The van der Waals surface area contributed by atoms with Gasteiger partial charge in [-0.25, -0.2) is 4.39 Å². The van der Waals surface area contributed by atoms with Crippen LogP contribution in [-0.4, -0.2) is 31.1 Å². The van der Waals surface area contributed by atoms with Gasteiger partial charge in [-0.05, 0) is 42.0 Å². The van der Waals surface area contributed by atoms with Gasteiger partial charge in [0.2, 0.25) is 0 Å². The smallest absolute Gasteiger partial charge is 0.387 e. The molecule has 0 spiro atoms. The molecule has 0 heterocycles. The molecule has 1 amide bonds. The van der Waals surface area contributed by atoms with Crippen LogP contribution in [-0.2, 0) is 11.3 Å². The van der Waals surface area contributed by atoms with Crippen LogP contribution in [0.3, 0.4) is 0 Å². The maximum atomic E-state index is 12.8. The van der Waals surface area contributed by atoms with Crippen LogP contribution in [0.15, 0.2) is 48.5 Å². The second-order valence-electron chi connectivity index (χ2n) is 5.01. The van der Waals surface area contributed by atoms with Crippen molar-refractivity contribution in [2.75, 3.05) is 13.7 Å². The van der Waals surface area contributed by atoms with Gasteiger partial charge in [0, 0.05) is 13.6 Å². The van der Waals surface area contributed by atoms with Crippen molar-refractivity contribution >= 4 is 5.91 Å². The van der Waals surface area contributed by atoms with Gasteiger partial charge in [0.15, 0.2) is 6.61 Å². The Kier molecular flexibility index (Phi) is 6.06. The SMILES string of the molecule is CN(Cc1ccc(OC(F)F)cc1)C(=O)COc1ccc(F)cc1. The Morgan fingerprint density at radius 3 is 2.21 bits per heavy atom. The Morgan fingerprint density at radius 1 is 1.04 bits per heavy atom. The van der Waals surface area contributed by atoms with E-state index >= 15 is 0 Å². The molecule has 0 fully saturated rings. The molecule has 0 aliphatic rings. The van der Waals surface area contributed by atoms with Gasteiger partial charge in [0.05, 0.1) is 0 Å². The summed E-state index contributed by atoms with van der Waals surface area (Å²) in [6.45, 7) is -2.77. The molecule has 0 aromatic heterocycles. The Morgan fingerprint density at radius 2 is 1.62 bits per heavy atom. The third-order valence-electron chi connectivity index (χ3n) is 3.17. The summed E-state index contributed by atoms with van der Waals surface area (Å²) in [5.41, 5.74) is 0.759. The molecular formula is C17H16F3NO3. The molecule has 2 aromatic rings. The zero-order valence-corrected chi connectivity index (χ0v) is 12.9. The highest BCUT2D eigenvalue weighted by molar-refractivity contribution is 5.77. The molecule has 0 unspecified atom stereocenters. The summed E-state index contributed by atoms with van der Waals surface area (Å²) < 4.78 is 46.5. The summed E-state index contributed by atoms with van der Waals surface area (Å²) in [5.74, 6) is -0.202. The lowest BCUT2D eigenvalue weighted by Crippen LogP contribution is -2.30. The van der Waals surface area contributed by atoms with E-state index in [1.54, 1.807) is 19.2 Å². The highest BCUT2D eigenvalue weighted by Crippen LogP contribution is 2.16. The largest absolute Gasteiger partial charge is 0.484 e. The summed E-state index contributed by atoms with van der Waals surface area (Å²) in [4.78, 5) is 13.4. The number of carbonyl (C=O) groups excluding carboxylic acids is 1. The first-order valence-corrected chi connectivity index (χ1v) is 7.10. The van der Waals surface area contributed by atoms with Gasteiger partial charge in [-0.2, -0.15) is 8.78 Å². The zero-order chi connectivity index (χ0) is 17.5. The van der Waals surface area contributed by atoms with Crippen molar-refractivity contribution in [2.24, 2.45) is 0 Å². The van der Waals surface area contributed by atoms with Crippen LogP contribution in [0.4, 0.5) is 13.2 Å². The first-order chi connectivity index (χ1) is 11.4. The minimum atomic E-state index is -2.87. The number of hydrogen-bond acceptors (Lipinski definition) is 3. The monoisotopic (exact) mass is 339 g/mol. The van der Waals surface area contributed by atoms with Gasteiger partial charge >= 0.3 is 6.61 Å². The van der Waals surface area contributed by atoms with E-state index in [4.69, 9.17) is 4.74 Å². The molecule has 0 saturated heterocycles. The van der Waals surface area contributed by atoms with Crippen molar-refractivity contribution in [1.82, 2.24) is 4.90 Å². The average Bonchev–Trinajstić information content (AvgIpc) is 2.55. The minimum absolute atomic E-state index is 0.0578. The second-order valence-corrected chi connectivity index (χ2v) is 5.01. The van der Waals surface area contributed by atoms with Crippen molar-refractivity contribution < 1.29 is 27.4 Å². The van der Waals surface area contributed by atoms with Gasteiger partial charge in [-0.15, -0.1) is 0 Å². The van der Waals surface area contributed by atoms with Gasteiger partial charge in [0.25, 0.3) is 5.91 Å². The highest BCUT2D eigenvalue weighted by atomic mass is 19.3. The van der Waals surface area contributed by atoms with Crippen LogP contribution in [0.2, 0.25) is 0 Å². The molecule has 0 N–H and O–H groups in total. The normalized spacial score (nSPS) is 10.5. The lowest BCUT2D eigenvalue weighted by Gasteiger charge is -2.18. The first kappa shape index (κ1) is 17.7. The summed E-state index contributed by atoms with van der Waals surface area (Å²) in [6.07, 6.45) is 0. The fraction of sp³-hybridized carbons (Fsp3) is 0.235. The second kappa shape index (κ2) is 8.24. The number of likely N-dealkylation sites (N-methyl/N-ethyl adjacent to an activating group) is 1. The average molecular weight is 339 g/mol. The van der Waals surface area contributed by atoms with Crippen molar-refractivity contribution in [3.8, 4) is 11.5 Å². The van der Waals surface area contributed by atoms with Crippen molar-refractivity contribution in [2.45, 2.75) is 13.2 Å². The predicted octanol–water partition coefficient (Wildman–Crippen LogP) is 3.46. The first-order valence-electron chi connectivity index (χ1n) is 7.10. The number of ether oxygens (including phenoxy) is 2. The molecule has 24 heavy (non-hydrogen) atoms. The number of alkyl halides is 2. The van der Waals surface area contributed by atoms with Gasteiger partial charge in [0.1, 0.15) is 17.3 Å². The van der Waals surface area contributed by atoms with Crippen LogP contribution >= 0.6 is 0 Å². The third kappa shape index (κ3) is 5.49. The van der Waals surface area contributed by atoms with Crippen LogP contribution in [0.5, 0.6) is 11.5 Å². The molecular weight excluding hydrogens is 323 g/mol. The summed E-state index contributed by atoms with van der Waals surface area (Å²) in [7, 11) is 1.60. The number of halogens is 3. The maximum absolute atomic E-state index is 12.8. The molecule has 0 aliphatic heterocycles. The van der Waals surface area contributed by atoms with Crippen LogP contribution < -0.4 is 9.47 Å². The molecule has 128 valence electrons. The van der Waals surface area contributed by atoms with Gasteiger partial charge in [-0.1, -0.05) is 12.1 Å². The van der Waals surface area contributed by atoms with E-state index in [-0.39, 0.29) is 24.1 Å². The summed E-state index contributed by atoms with van der Waals surface area (Å²) in [5, 5.41) is 0. The standard InChI is InChI=1S/C17H16F3NO3/c1-21(10-12-2-6-15(7-3-12)24-17(19)20)16(22)11-23-14-8-4-13(18)5-9-14/h2-9,17H,10-11H2,1H3. The van der Waals surface area contributed by atoms with E-state index in [2.05, 4.69) is 4.74 Å². The van der Waals surface area contributed by atoms with Gasteiger partial charge in [-0.3, -0.25) is 4.79 Å². The van der Waals surface area contributed by atoms with Crippen molar-refractivity contribution in [3.63, 3.8) is 0 Å². The van der Waals surface area contributed by atoms with E-state index in [0.717, 1.165) is 5.56 Å². The quantitative estimate of drug-likeness (QED) is 0.775. The van der Waals surface area contributed by atoms with Crippen LogP contribution in [0.1, 0.15) is 5.56 Å². The maximum Gasteiger partial charge on any atom is 0.387 e. The summed E-state index contributed by atoms with van der Waals surface area (Å²) in [6, 6.07) is 11.4. The Balaban J connectivity index is 1.83. The van der Waals surface area contributed by atoms with E-state index in [9.17, 15) is 18.0 Å². The Labute approximate surface area is 137 Å². The Hall–Kier alpha value is -2.70. The van der Waals surface area contributed by atoms with E-state index in [0.29, 0.717) is 12.3 Å². The summed E-state index contributed by atoms with van der Waals surface area (Å²) >= 11 is 0. The lowest BCUT2D eigenvalue weighted by atomic mass is 10.2. The molecule has 0 aliphatic carbocycles. The van der Waals surface area contributed by atoms with Crippen LogP contribution in [0, 0.1) is 5.82 Å². The number of hydrogen-bond donors (Lipinski definition) is 0. The van der Waals surface area contributed by atoms with E-state index in [1.807, 2.05) is 0 Å². The molecule has 2 aromatic carbocycles. The minimum Gasteiger partial charge on any atom is -0.484 e. The zero-order valence-electron chi connectivity index (χ0n) is 12.9. The lowest BCUT2D eigenvalue weighted by molar-refractivity contribution is -0.132. The molecule has 0 saturated carbocycles. The number of rotatable bonds is 7.